The minimum absolute atomic E-state index is 0.0365. The molecule has 27 heavy (non-hydrogen) atoms. The van der Waals surface area contributed by atoms with Gasteiger partial charge in [0, 0.05) is 36.1 Å². The van der Waals surface area contributed by atoms with Crippen molar-refractivity contribution < 1.29 is 9.59 Å². The van der Waals surface area contributed by atoms with Gasteiger partial charge in [-0.2, -0.15) is 0 Å². The number of halogens is 1. The molecule has 1 fully saturated rings. The van der Waals surface area contributed by atoms with E-state index < -0.39 is 0 Å². The molecule has 1 N–H and O–H groups in total. The predicted molar refractivity (Wildman–Crippen MR) is 108 cm³/mol. The van der Waals surface area contributed by atoms with E-state index in [0.717, 1.165) is 37.3 Å². The Kier molecular flexibility index (Phi) is 6.88. The molecule has 1 heterocycles. The number of benzene rings is 2. The van der Waals surface area contributed by atoms with Crippen LogP contribution in [0.5, 0.6) is 0 Å². The van der Waals surface area contributed by atoms with E-state index in [1.165, 1.54) is 5.56 Å². The fraction of sp³-hybridized carbons (Fsp3) is 0.364. The number of carbonyl (C=O) groups is 2. The molecule has 0 aliphatic carbocycles. The SMILES string of the molecule is O=C(CCCc1ccc(Cl)cc1)N[C@H]1CCCN(C(=O)c2ccccc2)C1. The largest absolute Gasteiger partial charge is 0.352 e. The molecule has 4 nitrogen and oxygen atoms in total. The second kappa shape index (κ2) is 9.56. The van der Waals surface area contributed by atoms with Gasteiger partial charge in [-0.05, 0) is 55.5 Å². The molecule has 2 aromatic carbocycles. The van der Waals surface area contributed by atoms with Gasteiger partial charge >= 0.3 is 0 Å². The van der Waals surface area contributed by atoms with E-state index in [4.69, 9.17) is 11.6 Å². The molecule has 5 heteroatoms. The monoisotopic (exact) mass is 384 g/mol. The molecule has 0 saturated carbocycles. The molecule has 142 valence electrons. The highest BCUT2D eigenvalue weighted by Crippen LogP contribution is 2.15. The van der Waals surface area contributed by atoms with Crippen molar-refractivity contribution in [3.05, 3.63) is 70.7 Å². The number of nitrogens with one attached hydrogen (secondary N) is 1. The van der Waals surface area contributed by atoms with Gasteiger partial charge < -0.3 is 10.2 Å². The number of rotatable bonds is 6. The van der Waals surface area contributed by atoms with E-state index in [1.54, 1.807) is 0 Å². The fourth-order valence-corrected chi connectivity index (χ4v) is 3.57. The van der Waals surface area contributed by atoms with Crippen LogP contribution in [0.25, 0.3) is 0 Å². The minimum Gasteiger partial charge on any atom is -0.352 e. The average molecular weight is 385 g/mol. The molecular formula is C22H25ClN2O2. The Balaban J connectivity index is 1.43. The topological polar surface area (TPSA) is 49.4 Å². The Morgan fingerprint density at radius 1 is 1.07 bits per heavy atom. The van der Waals surface area contributed by atoms with Gasteiger partial charge in [0.05, 0.1) is 0 Å². The lowest BCUT2D eigenvalue weighted by Crippen LogP contribution is -2.49. The van der Waals surface area contributed by atoms with Crippen LogP contribution in [0.4, 0.5) is 0 Å². The number of aryl methyl sites for hydroxylation is 1. The lowest BCUT2D eigenvalue weighted by atomic mass is 10.0. The van der Waals surface area contributed by atoms with Crippen molar-refractivity contribution in [3.8, 4) is 0 Å². The molecule has 1 atom stereocenters. The van der Waals surface area contributed by atoms with E-state index in [1.807, 2.05) is 59.5 Å². The number of likely N-dealkylation sites (tertiary alicyclic amines) is 1. The normalized spacial score (nSPS) is 16.8. The van der Waals surface area contributed by atoms with Crippen molar-refractivity contribution in [2.45, 2.75) is 38.1 Å². The molecule has 0 aromatic heterocycles. The molecular weight excluding hydrogens is 360 g/mol. The van der Waals surface area contributed by atoms with E-state index >= 15 is 0 Å². The van der Waals surface area contributed by atoms with Gasteiger partial charge in [-0.3, -0.25) is 9.59 Å². The number of carbonyl (C=O) groups excluding carboxylic acids is 2. The zero-order valence-electron chi connectivity index (χ0n) is 15.4. The Hall–Kier alpha value is -2.33. The molecule has 2 aromatic rings. The third-order valence-electron chi connectivity index (χ3n) is 4.88. The van der Waals surface area contributed by atoms with E-state index in [9.17, 15) is 9.59 Å². The smallest absolute Gasteiger partial charge is 0.253 e. The van der Waals surface area contributed by atoms with Crippen LogP contribution < -0.4 is 5.32 Å². The van der Waals surface area contributed by atoms with Crippen molar-refractivity contribution >= 4 is 23.4 Å². The van der Waals surface area contributed by atoms with Crippen LogP contribution in [0.3, 0.4) is 0 Å². The van der Waals surface area contributed by atoms with Crippen LogP contribution >= 0.6 is 11.6 Å². The summed E-state index contributed by atoms with van der Waals surface area (Å²) >= 11 is 5.89. The molecule has 2 amide bonds. The van der Waals surface area contributed by atoms with Crippen LogP contribution in [0.15, 0.2) is 54.6 Å². The van der Waals surface area contributed by atoms with Crippen LogP contribution in [0.2, 0.25) is 5.02 Å². The van der Waals surface area contributed by atoms with Crippen LogP contribution in [0.1, 0.15) is 41.6 Å². The van der Waals surface area contributed by atoms with Crippen molar-refractivity contribution in [3.63, 3.8) is 0 Å². The molecule has 0 spiro atoms. The molecule has 1 saturated heterocycles. The third kappa shape index (κ3) is 5.83. The Morgan fingerprint density at radius 2 is 1.81 bits per heavy atom. The number of hydrogen-bond acceptors (Lipinski definition) is 2. The second-order valence-electron chi connectivity index (χ2n) is 7.00. The second-order valence-corrected chi connectivity index (χ2v) is 7.44. The Labute approximate surface area is 165 Å². The highest BCUT2D eigenvalue weighted by Gasteiger charge is 2.25. The van der Waals surface area contributed by atoms with Crippen molar-refractivity contribution in [2.24, 2.45) is 0 Å². The number of amides is 2. The highest BCUT2D eigenvalue weighted by atomic mass is 35.5. The first-order valence-electron chi connectivity index (χ1n) is 9.50. The summed E-state index contributed by atoms with van der Waals surface area (Å²) < 4.78 is 0. The highest BCUT2D eigenvalue weighted by molar-refractivity contribution is 6.30. The number of hydrogen-bond donors (Lipinski definition) is 1. The molecule has 1 aliphatic rings. The maximum absolute atomic E-state index is 12.6. The van der Waals surface area contributed by atoms with Gasteiger partial charge in [-0.15, -0.1) is 0 Å². The average Bonchev–Trinajstić information content (AvgIpc) is 2.70. The maximum atomic E-state index is 12.6. The summed E-state index contributed by atoms with van der Waals surface area (Å²) in [7, 11) is 0. The van der Waals surface area contributed by atoms with Gasteiger partial charge in [0.15, 0.2) is 0 Å². The Bertz CT molecular complexity index is 762. The summed E-state index contributed by atoms with van der Waals surface area (Å²) in [5.74, 6) is 0.0975. The lowest BCUT2D eigenvalue weighted by molar-refractivity contribution is -0.122. The summed E-state index contributed by atoms with van der Waals surface area (Å²) in [5, 5.41) is 3.82. The predicted octanol–water partition coefficient (Wildman–Crippen LogP) is 4.08. The molecule has 1 aliphatic heterocycles. The van der Waals surface area contributed by atoms with Crippen LogP contribution in [0, 0.1) is 0 Å². The summed E-state index contributed by atoms with van der Waals surface area (Å²) in [6.45, 7) is 1.33. The van der Waals surface area contributed by atoms with Gasteiger partial charge in [0.2, 0.25) is 5.91 Å². The van der Waals surface area contributed by atoms with E-state index in [-0.39, 0.29) is 17.9 Å². The number of nitrogens with zero attached hydrogens (tertiary/aromatic N) is 1. The number of piperidine rings is 1. The van der Waals surface area contributed by atoms with Crippen molar-refractivity contribution in [1.82, 2.24) is 10.2 Å². The van der Waals surface area contributed by atoms with Crippen LogP contribution in [-0.4, -0.2) is 35.8 Å². The fourth-order valence-electron chi connectivity index (χ4n) is 3.45. The molecule has 0 bridgehead atoms. The zero-order chi connectivity index (χ0) is 19.1. The Morgan fingerprint density at radius 3 is 2.56 bits per heavy atom. The zero-order valence-corrected chi connectivity index (χ0v) is 16.1. The lowest BCUT2D eigenvalue weighted by Gasteiger charge is -2.33. The third-order valence-corrected chi connectivity index (χ3v) is 5.13. The van der Waals surface area contributed by atoms with Gasteiger partial charge in [0.25, 0.3) is 5.91 Å². The first kappa shape index (κ1) is 19.4. The maximum Gasteiger partial charge on any atom is 0.253 e. The summed E-state index contributed by atoms with van der Waals surface area (Å²) in [6.07, 6.45) is 3.97. The van der Waals surface area contributed by atoms with E-state index in [0.29, 0.717) is 18.5 Å². The van der Waals surface area contributed by atoms with Gasteiger partial charge in [-0.1, -0.05) is 41.9 Å². The standard InChI is InChI=1S/C22H25ClN2O2/c23-19-13-11-17(12-14-19)6-4-10-21(26)24-20-9-5-15-25(16-20)22(27)18-7-2-1-3-8-18/h1-3,7-8,11-14,20H,4-6,9-10,15-16H2,(H,24,26)/t20-/m0/s1. The van der Waals surface area contributed by atoms with Crippen molar-refractivity contribution in [2.75, 3.05) is 13.1 Å². The van der Waals surface area contributed by atoms with Gasteiger partial charge in [-0.25, -0.2) is 0 Å². The first-order chi connectivity index (χ1) is 13.1. The summed E-state index contributed by atoms with van der Waals surface area (Å²) in [6, 6.07) is 17.1. The van der Waals surface area contributed by atoms with Gasteiger partial charge in [0.1, 0.15) is 0 Å². The first-order valence-corrected chi connectivity index (χ1v) is 9.88. The van der Waals surface area contributed by atoms with Crippen LogP contribution in [-0.2, 0) is 11.2 Å². The molecule has 0 radical (unpaired) electrons. The minimum atomic E-state index is 0.0365. The van der Waals surface area contributed by atoms with E-state index in [2.05, 4.69) is 5.32 Å². The quantitative estimate of drug-likeness (QED) is 0.815. The molecule has 0 unspecified atom stereocenters. The van der Waals surface area contributed by atoms with Crippen molar-refractivity contribution in [1.29, 1.82) is 0 Å². The molecule has 3 rings (SSSR count). The summed E-state index contributed by atoms with van der Waals surface area (Å²) in [5.41, 5.74) is 1.89. The summed E-state index contributed by atoms with van der Waals surface area (Å²) in [4.78, 5) is 26.7.